The van der Waals surface area contributed by atoms with Crippen LogP contribution in [0.4, 0.5) is 5.69 Å². The van der Waals surface area contributed by atoms with Crippen LogP contribution in [0.1, 0.15) is 25.0 Å². The van der Waals surface area contributed by atoms with Gasteiger partial charge in [-0.2, -0.15) is 4.31 Å². The van der Waals surface area contributed by atoms with E-state index < -0.39 is 34.6 Å². The monoisotopic (exact) mass is 547 g/mol. The minimum absolute atomic E-state index is 0.0888. The van der Waals surface area contributed by atoms with E-state index in [-0.39, 0.29) is 30.5 Å². The van der Waals surface area contributed by atoms with Gasteiger partial charge in [0.2, 0.25) is 23.4 Å². The molecule has 0 aromatic heterocycles. The van der Waals surface area contributed by atoms with E-state index in [0.29, 0.717) is 36.0 Å². The number of fused-ring (bicyclic) bond motifs is 1. The maximum absolute atomic E-state index is 13.1. The number of carbonyl (C=O) groups is 2. The average molecular weight is 548 g/mol. The Labute approximate surface area is 220 Å². The zero-order chi connectivity index (χ0) is 27.3. The number of nitrogens with zero attached hydrogens (tertiary/aromatic N) is 2. The number of amides is 1. The third-order valence-electron chi connectivity index (χ3n) is 5.90. The van der Waals surface area contributed by atoms with Crippen molar-refractivity contribution in [1.82, 2.24) is 4.31 Å². The molecule has 0 radical (unpaired) electrons. The number of hydrogen-bond donors (Lipinski definition) is 1. The lowest BCUT2D eigenvalue weighted by molar-refractivity contribution is -0.157. The molecule has 204 valence electrons. The summed E-state index contributed by atoms with van der Waals surface area (Å²) in [5.41, 5.74) is 2.03. The quantitative estimate of drug-likeness (QED) is 0.284. The van der Waals surface area contributed by atoms with Crippen LogP contribution in [0.3, 0.4) is 0 Å². The zero-order valence-electron chi connectivity index (χ0n) is 21.3. The van der Waals surface area contributed by atoms with Gasteiger partial charge in [0.1, 0.15) is 0 Å². The van der Waals surface area contributed by atoms with Gasteiger partial charge in [0.15, 0.2) is 17.6 Å². The Balaban J connectivity index is 1.30. The fourth-order valence-electron chi connectivity index (χ4n) is 3.77. The van der Waals surface area contributed by atoms with Crippen molar-refractivity contribution in [3.63, 3.8) is 0 Å². The molecule has 1 atom stereocenters. The Hall–Kier alpha value is -3.68. The minimum Gasteiger partial charge on any atom is -0.454 e. The van der Waals surface area contributed by atoms with Crippen molar-refractivity contribution >= 4 is 33.3 Å². The summed E-state index contributed by atoms with van der Waals surface area (Å²) in [4.78, 5) is 29.9. The number of oxime groups is 1. The van der Waals surface area contributed by atoms with Gasteiger partial charge in [0.05, 0.1) is 23.8 Å². The van der Waals surface area contributed by atoms with Gasteiger partial charge < -0.3 is 29.1 Å². The Bertz CT molecular complexity index is 1340. The van der Waals surface area contributed by atoms with Gasteiger partial charge in [0, 0.05) is 24.3 Å². The molecule has 2 aromatic carbocycles. The normalized spacial score (nSPS) is 16.6. The Morgan fingerprint density at radius 3 is 2.61 bits per heavy atom. The fourth-order valence-corrected chi connectivity index (χ4v) is 5.43. The predicted octanol–water partition coefficient (Wildman–Crippen LogP) is 2.06. The first kappa shape index (κ1) is 27.4. The van der Waals surface area contributed by atoms with Crippen molar-refractivity contribution in [2.75, 3.05) is 45.0 Å². The second kappa shape index (κ2) is 11.8. The van der Waals surface area contributed by atoms with Crippen LogP contribution in [0.15, 0.2) is 46.4 Å². The maximum Gasteiger partial charge on any atom is 0.347 e. The fraction of sp³-hybridized carbons (Fsp3) is 0.400. The Morgan fingerprint density at radius 1 is 1.11 bits per heavy atom. The van der Waals surface area contributed by atoms with Crippen molar-refractivity contribution in [3.05, 3.63) is 47.5 Å². The molecular weight excluding hydrogens is 518 g/mol. The Kier molecular flexibility index (Phi) is 8.49. The first-order valence-corrected chi connectivity index (χ1v) is 13.3. The molecule has 1 amide bonds. The number of hydrogen-bond acceptors (Lipinski definition) is 10. The molecule has 12 nitrogen and oxygen atoms in total. The van der Waals surface area contributed by atoms with E-state index in [1.54, 1.807) is 44.2 Å². The molecule has 0 bridgehead atoms. The second-order valence-corrected chi connectivity index (χ2v) is 10.5. The van der Waals surface area contributed by atoms with E-state index in [4.69, 9.17) is 23.8 Å². The smallest absolute Gasteiger partial charge is 0.347 e. The summed E-state index contributed by atoms with van der Waals surface area (Å²) in [5, 5.41) is 6.50. The molecular formula is C25H29N3O9S. The van der Waals surface area contributed by atoms with Crippen molar-refractivity contribution in [2.24, 2.45) is 5.16 Å². The van der Waals surface area contributed by atoms with Gasteiger partial charge in [-0.1, -0.05) is 11.2 Å². The second-order valence-electron chi connectivity index (χ2n) is 8.64. The zero-order valence-corrected chi connectivity index (χ0v) is 22.1. The van der Waals surface area contributed by atoms with Crippen LogP contribution < -0.4 is 14.8 Å². The van der Waals surface area contributed by atoms with E-state index >= 15 is 0 Å². The molecule has 0 aliphatic carbocycles. The number of ether oxygens (including phenoxy) is 4. The lowest BCUT2D eigenvalue weighted by atomic mass is 10.1. The number of rotatable bonds is 9. The first-order chi connectivity index (χ1) is 18.1. The van der Waals surface area contributed by atoms with E-state index in [1.807, 2.05) is 0 Å². The summed E-state index contributed by atoms with van der Waals surface area (Å²) < 4.78 is 48.4. The molecule has 13 heteroatoms. The van der Waals surface area contributed by atoms with Crippen LogP contribution in [0.25, 0.3) is 0 Å². The minimum atomic E-state index is -3.76. The summed E-state index contributed by atoms with van der Waals surface area (Å²) in [6, 6.07) is 9.86. The molecule has 2 aliphatic rings. The topological polar surface area (TPSA) is 142 Å². The Morgan fingerprint density at radius 2 is 1.84 bits per heavy atom. The molecule has 38 heavy (non-hydrogen) atoms. The number of esters is 1. The van der Waals surface area contributed by atoms with Crippen LogP contribution in [-0.4, -0.2) is 76.1 Å². The highest BCUT2D eigenvalue weighted by Gasteiger charge is 2.28. The molecule has 1 fully saturated rings. The molecule has 1 saturated heterocycles. The van der Waals surface area contributed by atoms with Crippen LogP contribution in [0, 0.1) is 6.92 Å². The average Bonchev–Trinajstić information content (AvgIpc) is 3.38. The maximum atomic E-state index is 13.1. The lowest BCUT2D eigenvalue weighted by Crippen LogP contribution is -2.40. The summed E-state index contributed by atoms with van der Waals surface area (Å²) in [6.45, 7) is 5.59. The van der Waals surface area contributed by atoms with Gasteiger partial charge in [-0.25, -0.2) is 13.2 Å². The highest BCUT2D eigenvalue weighted by molar-refractivity contribution is 7.89. The van der Waals surface area contributed by atoms with Crippen LogP contribution >= 0.6 is 0 Å². The number of benzene rings is 2. The van der Waals surface area contributed by atoms with Crippen molar-refractivity contribution in [3.8, 4) is 11.5 Å². The van der Waals surface area contributed by atoms with Crippen LogP contribution in [0.2, 0.25) is 0 Å². The first-order valence-electron chi connectivity index (χ1n) is 11.9. The molecule has 0 spiro atoms. The van der Waals surface area contributed by atoms with Gasteiger partial charge in [-0.15, -0.1) is 0 Å². The van der Waals surface area contributed by atoms with E-state index in [1.165, 1.54) is 17.3 Å². The molecule has 2 aliphatic heterocycles. The third-order valence-corrected chi connectivity index (χ3v) is 7.94. The summed E-state index contributed by atoms with van der Waals surface area (Å²) >= 11 is 0. The number of aryl methyl sites for hydroxylation is 1. The molecule has 2 heterocycles. The highest BCUT2D eigenvalue weighted by Crippen LogP contribution is 2.32. The molecule has 0 saturated carbocycles. The highest BCUT2D eigenvalue weighted by atomic mass is 32.2. The summed E-state index contributed by atoms with van der Waals surface area (Å²) in [6.07, 6.45) is -1.16. The lowest BCUT2D eigenvalue weighted by Gasteiger charge is -2.27. The van der Waals surface area contributed by atoms with Gasteiger partial charge in [-0.05, 0) is 56.7 Å². The van der Waals surface area contributed by atoms with Crippen molar-refractivity contribution in [1.29, 1.82) is 0 Å². The van der Waals surface area contributed by atoms with Crippen molar-refractivity contribution < 1.29 is 41.8 Å². The molecule has 1 unspecified atom stereocenters. The number of morpholine rings is 1. The van der Waals surface area contributed by atoms with Crippen molar-refractivity contribution in [2.45, 2.75) is 31.8 Å². The van der Waals surface area contributed by atoms with Gasteiger partial charge in [0.25, 0.3) is 5.91 Å². The van der Waals surface area contributed by atoms with Crippen LogP contribution in [-0.2, 0) is 33.9 Å². The molecule has 2 aromatic rings. The van der Waals surface area contributed by atoms with Gasteiger partial charge in [-0.3, -0.25) is 4.79 Å². The van der Waals surface area contributed by atoms with Crippen LogP contribution in [0.5, 0.6) is 11.5 Å². The van der Waals surface area contributed by atoms with Gasteiger partial charge >= 0.3 is 5.97 Å². The number of carbonyl (C=O) groups excluding carboxylic acids is 2. The SMILES string of the molecule is C/C(=N\OCC(=O)OC(C)C(=O)Nc1ccc(C)c(S(=O)(=O)N2CCOCC2)c1)c1ccc2c(c1)OCO2. The van der Waals surface area contributed by atoms with E-state index in [9.17, 15) is 18.0 Å². The summed E-state index contributed by atoms with van der Waals surface area (Å²) in [5.74, 6) is -0.194. The third kappa shape index (κ3) is 6.41. The van der Waals surface area contributed by atoms with E-state index in [2.05, 4.69) is 10.5 Å². The number of anilines is 1. The number of sulfonamides is 1. The molecule has 1 N–H and O–H groups in total. The largest absolute Gasteiger partial charge is 0.454 e. The number of nitrogens with one attached hydrogen (secondary N) is 1. The molecule has 4 rings (SSSR count). The van der Waals surface area contributed by atoms with E-state index in [0.717, 1.165) is 5.56 Å². The predicted molar refractivity (Wildman–Crippen MR) is 136 cm³/mol. The summed E-state index contributed by atoms with van der Waals surface area (Å²) in [7, 11) is -3.76. The standard InChI is InChI=1S/C25H29N3O9S/c1-16-4-6-20(13-23(16)38(31,32)28-8-10-33-11-9-28)26-25(30)18(3)37-24(29)14-36-27-17(2)19-5-7-21-22(12-19)35-15-34-21/h4-7,12-13,18H,8-11,14-15H2,1-3H3,(H,26,30)/b27-17+.